The van der Waals surface area contributed by atoms with E-state index in [9.17, 15) is 4.79 Å². The average molecular weight is 237 g/mol. The SMILES string of the molecule is CC(C)Cn1cnc2c1CC(C(=O)O)NC2C. The average Bonchev–Trinajstić information content (AvgIpc) is 2.61. The highest BCUT2D eigenvalue weighted by Gasteiger charge is 2.31. The van der Waals surface area contributed by atoms with Gasteiger partial charge in [-0.1, -0.05) is 13.8 Å². The van der Waals surface area contributed by atoms with Crippen LogP contribution in [0.25, 0.3) is 0 Å². The Bertz CT molecular complexity index is 425. The Morgan fingerprint density at radius 1 is 1.71 bits per heavy atom. The van der Waals surface area contributed by atoms with Crippen LogP contribution in [-0.2, 0) is 17.8 Å². The number of hydrogen-bond donors (Lipinski definition) is 2. The molecule has 0 saturated heterocycles. The van der Waals surface area contributed by atoms with Crippen molar-refractivity contribution in [1.29, 1.82) is 0 Å². The van der Waals surface area contributed by atoms with E-state index in [1.807, 2.05) is 13.3 Å². The highest BCUT2D eigenvalue weighted by molar-refractivity contribution is 5.74. The zero-order chi connectivity index (χ0) is 12.6. The maximum Gasteiger partial charge on any atom is 0.321 e. The number of carboxylic acid groups (broad SMARTS) is 1. The lowest BCUT2D eigenvalue weighted by molar-refractivity contribution is -0.139. The van der Waals surface area contributed by atoms with Crippen LogP contribution in [0.1, 0.15) is 38.2 Å². The Kier molecular flexibility index (Phi) is 3.19. The van der Waals surface area contributed by atoms with E-state index in [-0.39, 0.29) is 6.04 Å². The van der Waals surface area contributed by atoms with Crippen LogP contribution in [0.4, 0.5) is 0 Å². The van der Waals surface area contributed by atoms with Crippen LogP contribution < -0.4 is 5.32 Å². The Morgan fingerprint density at radius 3 is 3.00 bits per heavy atom. The largest absolute Gasteiger partial charge is 0.480 e. The van der Waals surface area contributed by atoms with Crippen LogP contribution in [0.2, 0.25) is 0 Å². The fourth-order valence-corrected chi connectivity index (χ4v) is 2.35. The van der Waals surface area contributed by atoms with E-state index >= 15 is 0 Å². The predicted molar refractivity (Wildman–Crippen MR) is 63.7 cm³/mol. The molecule has 0 bridgehead atoms. The summed E-state index contributed by atoms with van der Waals surface area (Å²) in [4.78, 5) is 15.5. The minimum Gasteiger partial charge on any atom is -0.480 e. The molecule has 5 heteroatoms. The summed E-state index contributed by atoms with van der Waals surface area (Å²) >= 11 is 0. The lowest BCUT2D eigenvalue weighted by atomic mass is 10.00. The number of nitrogens with one attached hydrogen (secondary N) is 1. The monoisotopic (exact) mass is 237 g/mol. The molecule has 2 rings (SSSR count). The lowest BCUT2D eigenvalue weighted by Gasteiger charge is -2.26. The number of nitrogens with zero attached hydrogens (tertiary/aromatic N) is 2. The maximum atomic E-state index is 11.1. The van der Waals surface area contributed by atoms with Gasteiger partial charge in [-0.25, -0.2) is 4.98 Å². The predicted octanol–water partition coefficient (Wildman–Crippen LogP) is 1.20. The molecule has 94 valence electrons. The van der Waals surface area contributed by atoms with Crippen LogP contribution in [-0.4, -0.2) is 26.7 Å². The number of aliphatic carboxylic acids is 1. The highest BCUT2D eigenvalue weighted by atomic mass is 16.4. The van der Waals surface area contributed by atoms with Gasteiger partial charge in [0.05, 0.1) is 12.0 Å². The second-order valence-electron chi connectivity index (χ2n) is 5.11. The molecule has 1 aliphatic heterocycles. The first kappa shape index (κ1) is 12.1. The van der Waals surface area contributed by atoms with E-state index in [1.165, 1.54) is 0 Å². The molecule has 0 amide bonds. The second-order valence-corrected chi connectivity index (χ2v) is 5.11. The van der Waals surface area contributed by atoms with Crippen molar-refractivity contribution in [1.82, 2.24) is 14.9 Å². The Labute approximate surface area is 101 Å². The zero-order valence-corrected chi connectivity index (χ0v) is 10.5. The van der Waals surface area contributed by atoms with E-state index in [4.69, 9.17) is 5.11 Å². The Morgan fingerprint density at radius 2 is 2.41 bits per heavy atom. The number of carbonyl (C=O) groups is 1. The molecule has 0 saturated carbocycles. The number of carboxylic acids is 1. The lowest BCUT2D eigenvalue weighted by Crippen LogP contribution is -2.44. The molecule has 0 aliphatic carbocycles. The van der Waals surface area contributed by atoms with Gasteiger partial charge in [0.2, 0.25) is 0 Å². The topological polar surface area (TPSA) is 67.2 Å². The summed E-state index contributed by atoms with van der Waals surface area (Å²) in [5.74, 6) is -0.262. The third kappa shape index (κ3) is 2.34. The van der Waals surface area contributed by atoms with Gasteiger partial charge < -0.3 is 9.67 Å². The van der Waals surface area contributed by atoms with Gasteiger partial charge in [0, 0.05) is 24.7 Å². The van der Waals surface area contributed by atoms with E-state index in [2.05, 4.69) is 28.7 Å². The highest BCUT2D eigenvalue weighted by Crippen LogP contribution is 2.24. The van der Waals surface area contributed by atoms with Crippen molar-refractivity contribution >= 4 is 5.97 Å². The molecule has 2 unspecified atom stereocenters. The van der Waals surface area contributed by atoms with E-state index in [1.54, 1.807) is 0 Å². The van der Waals surface area contributed by atoms with E-state index in [0.29, 0.717) is 12.3 Å². The number of aromatic nitrogens is 2. The third-order valence-electron chi connectivity index (χ3n) is 3.10. The van der Waals surface area contributed by atoms with Gasteiger partial charge in [-0.2, -0.15) is 0 Å². The number of rotatable bonds is 3. The molecular weight excluding hydrogens is 218 g/mol. The van der Waals surface area contributed by atoms with Gasteiger partial charge >= 0.3 is 5.97 Å². The first-order valence-electron chi connectivity index (χ1n) is 6.01. The molecule has 0 fully saturated rings. The minimum atomic E-state index is -0.792. The second kappa shape index (κ2) is 4.49. The van der Waals surface area contributed by atoms with Crippen molar-refractivity contribution < 1.29 is 9.90 Å². The van der Waals surface area contributed by atoms with Crippen molar-refractivity contribution in [3.05, 3.63) is 17.7 Å². The van der Waals surface area contributed by atoms with Gasteiger partial charge in [-0.15, -0.1) is 0 Å². The molecular formula is C12H19N3O2. The van der Waals surface area contributed by atoms with E-state index < -0.39 is 12.0 Å². The summed E-state index contributed by atoms with van der Waals surface area (Å²) < 4.78 is 2.09. The van der Waals surface area contributed by atoms with Crippen LogP contribution in [0.3, 0.4) is 0 Å². The molecule has 2 heterocycles. The number of fused-ring (bicyclic) bond motifs is 1. The van der Waals surface area contributed by atoms with Gasteiger partial charge in [0.15, 0.2) is 0 Å². The summed E-state index contributed by atoms with van der Waals surface area (Å²) in [7, 11) is 0. The number of hydrogen-bond acceptors (Lipinski definition) is 3. The quantitative estimate of drug-likeness (QED) is 0.829. The third-order valence-corrected chi connectivity index (χ3v) is 3.10. The fourth-order valence-electron chi connectivity index (χ4n) is 2.35. The molecule has 1 aromatic heterocycles. The van der Waals surface area contributed by atoms with Crippen LogP contribution in [0.15, 0.2) is 6.33 Å². The summed E-state index contributed by atoms with van der Waals surface area (Å²) in [6, 6.07) is -0.492. The molecule has 0 aromatic carbocycles. The first-order chi connectivity index (χ1) is 7.99. The molecule has 1 aliphatic rings. The molecule has 17 heavy (non-hydrogen) atoms. The van der Waals surface area contributed by atoms with Crippen molar-refractivity contribution in [2.75, 3.05) is 0 Å². The minimum absolute atomic E-state index is 0.00765. The maximum absolute atomic E-state index is 11.1. The summed E-state index contributed by atoms with van der Waals surface area (Å²) in [6.07, 6.45) is 2.34. The van der Waals surface area contributed by atoms with E-state index in [0.717, 1.165) is 17.9 Å². The van der Waals surface area contributed by atoms with Crippen molar-refractivity contribution in [3.8, 4) is 0 Å². The fraction of sp³-hybridized carbons (Fsp3) is 0.667. The first-order valence-corrected chi connectivity index (χ1v) is 6.01. The van der Waals surface area contributed by atoms with Crippen LogP contribution >= 0.6 is 0 Å². The summed E-state index contributed by atoms with van der Waals surface area (Å²) in [6.45, 7) is 7.14. The van der Waals surface area contributed by atoms with Crippen LogP contribution in [0.5, 0.6) is 0 Å². The smallest absolute Gasteiger partial charge is 0.321 e. The van der Waals surface area contributed by atoms with Crippen molar-refractivity contribution in [2.24, 2.45) is 5.92 Å². The standard InChI is InChI=1S/C12H19N3O2/c1-7(2)5-15-6-13-11-8(3)14-9(12(16)17)4-10(11)15/h6-9,14H,4-5H2,1-3H3,(H,16,17). The van der Waals surface area contributed by atoms with Crippen molar-refractivity contribution in [2.45, 2.75) is 45.8 Å². The Balaban J connectivity index is 2.29. The van der Waals surface area contributed by atoms with Crippen LogP contribution in [0, 0.1) is 5.92 Å². The van der Waals surface area contributed by atoms with Gasteiger partial charge in [0.1, 0.15) is 6.04 Å². The summed E-state index contributed by atoms with van der Waals surface area (Å²) in [5, 5.41) is 12.2. The molecule has 1 aromatic rings. The Hall–Kier alpha value is -1.36. The normalized spacial score (nSPS) is 23.8. The molecule has 2 N–H and O–H groups in total. The van der Waals surface area contributed by atoms with Gasteiger partial charge in [-0.3, -0.25) is 10.1 Å². The molecule has 0 spiro atoms. The zero-order valence-electron chi connectivity index (χ0n) is 10.5. The van der Waals surface area contributed by atoms with Gasteiger partial charge in [-0.05, 0) is 12.8 Å². The van der Waals surface area contributed by atoms with Gasteiger partial charge in [0.25, 0.3) is 0 Å². The molecule has 0 radical (unpaired) electrons. The summed E-state index contributed by atoms with van der Waals surface area (Å²) in [5.41, 5.74) is 2.06. The molecule has 5 nitrogen and oxygen atoms in total. The number of imidazole rings is 1. The molecule has 2 atom stereocenters. The van der Waals surface area contributed by atoms with Crippen molar-refractivity contribution in [3.63, 3.8) is 0 Å².